The fourth-order valence-corrected chi connectivity index (χ4v) is 3.16. The molecule has 1 aliphatic heterocycles. The second-order valence-electron chi connectivity index (χ2n) is 6.84. The van der Waals surface area contributed by atoms with Gasteiger partial charge in [0.1, 0.15) is 18.5 Å². The minimum atomic E-state index is -0.133. The van der Waals surface area contributed by atoms with E-state index in [0.29, 0.717) is 43.7 Å². The number of aromatic hydroxyl groups is 1. The molecule has 3 aromatic rings. The maximum absolute atomic E-state index is 10.4. The fourth-order valence-electron chi connectivity index (χ4n) is 3.16. The number of phenolic OH excluding ortho intramolecular Hbond substituents is 1. The second kappa shape index (κ2) is 8.38. The molecule has 0 amide bonds. The summed E-state index contributed by atoms with van der Waals surface area (Å²) >= 11 is 0. The first-order chi connectivity index (χ1) is 14.1. The third-order valence-corrected chi connectivity index (χ3v) is 4.74. The second-order valence-corrected chi connectivity index (χ2v) is 6.84. The molecule has 2 heterocycles. The molecule has 5 N–H and O–H groups in total. The molecule has 0 unspecified atom stereocenters. The molecule has 1 aliphatic rings. The van der Waals surface area contributed by atoms with E-state index in [1.807, 2.05) is 36.4 Å². The van der Waals surface area contributed by atoms with Gasteiger partial charge in [-0.2, -0.15) is 0 Å². The van der Waals surface area contributed by atoms with Gasteiger partial charge < -0.3 is 30.8 Å². The minimum Gasteiger partial charge on any atom is -0.504 e. The van der Waals surface area contributed by atoms with Crippen LogP contribution < -0.4 is 16.2 Å². The average Bonchev–Trinajstić information content (AvgIpc) is 2.75. The fraction of sp³-hybridized carbons (Fsp3) is 0.227. The molecule has 1 aromatic heterocycles. The van der Waals surface area contributed by atoms with Crippen LogP contribution in [-0.2, 0) is 9.47 Å². The maximum Gasteiger partial charge on any atom is 0.161 e. The van der Waals surface area contributed by atoms with Crippen molar-refractivity contribution < 1.29 is 19.3 Å². The van der Waals surface area contributed by atoms with Gasteiger partial charge in [0.05, 0.1) is 19.8 Å². The molecule has 0 radical (unpaired) electrons. The summed E-state index contributed by atoms with van der Waals surface area (Å²) in [7, 11) is 0. The highest BCUT2D eigenvalue weighted by Crippen LogP contribution is 2.34. The molecule has 150 valence electrons. The molecule has 0 spiro atoms. The number of hydrogen-bond acceptors (Lipinski definition) is 7. The minimum absolute atomic E-state index is 0.0464. The Hall–Kier alpha value is -3.29. The highest BCUT2D eigenvalue weighted by atomic mass is 16.6. The summed E-state index contributed by atoms with van der Waals surface area (Å²) in [6, 6.07) is 14.6. The first-order valence-corrected chi connectivity index (χ1v) is 9.37. The van der Waals surface area contributed by atoms with Gasteiger partial charge in [0, 0.05) is 23.0 Å². The number of benzene rings is 2. The lowest BCUT2D eigenvalue weighted by molar-refractivity contribution is -0.101. The summed E-state index contributed by atoms with van der Waals surface area (Å²) in [5.74, 6) is 0.868. The lowest BCUT2D eigenvalue weighted by Gasteiger charge is -2.23. The highest BCUT2D eigenvalue weighted by molar-refractivity contribution is 5.80. The Morgan fingerprint density at radius 2 is 1.79 bits per heavy atom. The SMILES string of the molecule is Nc1ccc(-c2cc(-c3ccc(OC[C@@H]4COCCO4)c(O)c3)cnc2N)cc1. The van der Waals surface area contributed by atoms with Gasteiger partial charge in [-0.3, -0.25) is 0 Å². The van der Waals surface area contributed by atoms with Crippen LogP contribution in [0.25, 0.3) is 22.3 Å². The van der Waals surface area contributed by atoms with Crippen molar-refractivity contribution in [2.45, 2.75) is 6.10 Å². The Kier molecular flexibility index (Phi) is 5.50. The van der Waals surface area contributed by atoms with E-state index in [0.717, 1.165) is 22.3 Å². The van der Waals surface area contributed by atoms with Crippen molar-refractivity contribution in [1.82, 2.24) is 4.98 Å². The van der Waals surface area contributed by atoms with Crippen molar-refractivity contribution in [3.05, 3.63) is 54.7 Å². The van der Waals surface area contributed by atoms with Crippen molar-refractivity contribution in [2.75, 3.05) is 37.9 Å². The van der Waals surface area contributed by atoms with Crippen LogP contribution in [0.4, 0.5) is 11.5 Å². The van der Waals surface area contributed by atoms with Crippen LogP contribution in [0.2, 0.25) is 0 Å². The molecule has 0 bridgehead atoms. The molecule has 29 heavy (non-hydrogen) atoms. The van der Waals surface area contributed by atoms with Crippen LogP contribution in [-0.4, -0.2) is 42.6 Å². The molecule has 7 heteroatoms. The summed E-state index contributed by atoms with van der Waals surface area (Å²) < 4.78 is 16.6. The van der Waals surface area contributed by atoms with Crippen molar-refractivity contribution in [3.8, 4) is 33.8 Å². The van der Waals surface area contributed by atoms with Crippen molar-refractivity contribution in [3.63, 3.8) is 0 Å². The average molecular weight is 393 g/mol. The predicted molar refractivity (Wildman–Crippen MR) is 112 cm³/mol. The zero-order chi connectivity index (χ0) is 20.2. The number of anilines is 2. The molecular weight excluding hydrogens is 370 g/mol. The summed E-state index contributed by atoms with van der Waals surface area (Å²) in [6.07, 6.45) is 1.55. The topological polar surface area (TPSA) is 113 Å². The first-order valence-electron chi connectivity index (χ1n) is 9.37. The van der Waals surface area contributed by atoms with Gasteiger partial charge in [-0.05, 0) is 41.5 Å². The number of pyridine rings is 1. The highest BCUT2D eigenvalue weighted by Gasteiger charge is 2.16. The van der Waals surface area contributed by atoms with Crippen LogP contribution in [0, 0.1) is 0 Å². The quantitative estimate of drug-likeness (QED) is 0.571. The van der Waals surface area contributed by atoms with Gasteiger partial charge in [-0.15, -0.1) is 0 Å². The van der Waals surface area contributed by atoms with E-state index >= 15 is 0 Å². The molecular formula is C22H23N3O4. The first kappa shape index (κ1) is 19.0. The van der Waals surface area contributed by atoms with Crippen LogP contribution >= 0.6 is 0 Å². The third kappa shape index (κ3) is 4.42. The molecule has 2 aromatic carbocycles. The van der Waals surface area contributed by atoms with Crippen molar-refractivity contribution in [2.24, 2.45) is 0 Å². The molecule has 0 saturated carbocycles. The van der Waals surface area contributed by atoms with Gasteiger partial charge >= 0.3 is 0 Å². The number of phenols is 1. The van der Waals surface area contributed by atoms with E-state index in [1.54, 1.807) is 18.3 Å². The van der Waals surface area contributed by atoms with Gasteiger partial charge in [-0.25, -0.2) is 4.98 Å². The third-order valence-electron chi connectivity index (χ3n) is 4.74. The van der Waals surface area contributed by atoms with E-state index < -0.39 is 0 Å². The number of aromatic nitrogens is 1. The van der Waals surface area contributed by atoms with Gasteiger partial charge in [0.15, 0.2) is 11.5 Å². The Morgan fingerprint density at radius 1 is 1.00 bits per heavy atom. The molecule has 1 saturated heterocycles. The van der Waals surface area contributed by atoms with Crippen molar-refractivity contribution in [1.29, 1.82) is 0 Å². The maximum atomic E-state index is 10.4. The molecule has 4 rings (SSSR count). The Balaban J connectivity index is 1.54. The van der Waals surface area contributed by atoms with Gasteiger partial charge in [0.25, 0.3) is 0 Å². The Bertz CT molecular complexity index is 986. The number of nitrogen functional groups attached to an aromatic ring is 2. The van der Waals surface area contributed by atoms with E-state index in [1.165, 1.54) is 0 Å². The zero-order valence-corrected chi connectivity index (χ0v) is 15.9. The summed E-state index contributed by atoms with van der Waals surface area (Å²) in [6.45, 7) is 1.96. The van der Waals surface area contributed by atoms with Gasteiger partial charge in [0.2, 0.25) is 0 Å². The number of hydrogen-bond donors (Lipinski definition) is 3. The number of nitrogens with zero attached hydrogens (tertiary/aromatic N) is 1. The lowest BCUT2D eigenvalue weighted by atomic mass is 10.0. The summed E-state index contributed by atoms with van der Waals surface area (Å²) in [5, 5.41) is 10.4. The van der Waals surface area contributed by atoms with E-state index in [9.17, 15) is 5.11 Å². The lowest BCUT2D eigenvalue weighted by Crippen LogP contribution is -2.33. The number of ether oxygens (including phenoxy) is 3. The van der Waals surface area contributed by atoms with Crippen LogP contribution in [0.15, 0.2) is 54.7 Å². The Labute approximate surface area is 168 Å². The van der Waals surface area contributed by atoms with Crippen LogP contribution in [0.1, 0.15) is 0 Å². The standard InChI is InChI=1S/C22H23N3O4/c23-17-4-1-14(2-5-17)19-9-16(11-25-22(19)24)15-3-6-21(20(26)10-15)29-13-18-12-27-7-8-28-18/h1-6,9-11,18,26H,7-8,12-13,23H2,(H2,24,25)/t18-/m0/s1. The molecule has 1 fully saturated rings. The van der Waals surface area contributed by atoms with E-state index in [2.05, 4.69) is 4.98 Å². The molecule has 7 nitrogen and oxygen atoms in total. The molecule has 1 atom stereocenters. The Morgan fingerprint density at radius 3 is 2.52 bits per heavy atom. The monoisotopic (exact) mass is 393 g/mol. The van der Waals surface area contributed by atoms with Gasteiger partial charge in [-0.1, -0.05) is 18.2 Å². The van der Waals surface area contributed by atoms with Crippen LogP contribution in [0.3, 0.4) is 0 Å². The molecule has 0 aliphatic carbocycles. The zero-order valence-electron chi connectivity index (χ0n) is 15.9. The predicted octanol–water partition coefficient (Wildman–Crippen LogP) is 3.08. The van der Waals surface area contributed by atoms with E-state index in [4.69, 9.17) is 25.7 Å². The summed E-state index contributed by atoms with van der Waals surface area (Å²) in [4.78, 5) is 4.31. The summed E-state index contributed by atoms with van der Waals surface area (Å²) in [5.41, 5.74) is 15.9. The smallest absolute Gasteiger partial charge is 0.161 e. The number of rotatable bonds is 5. The van der Waals surface area contributed by atoms with Crippen LogP contribution in [0.5, 0.6) is 11.5 Å². The van der Waals surface area contributed by atoms with E-state index in [-0.39, 0.29) is 11.9 Å². The largest absolute Gasteiger partial charge is 0.504 e. The van der Waals surface area contributed by atoms with Crippen molar-refractivity contribution >= 4 is 11.5 Å². The normalized spacial score (nSPS) is 16.5. The number of nitrogens with two attached hydrogens (primary N) is 2.